The number of benzene rings is 2. The minimum absolute atomic E-state index is 0.0985. The molecule has 2 rings (SSSR count). The molecule has 0 aromatic heterocycles. The normalized spacial score (nSPS) is 11.2. The largest absolute Gasteiger partial charge is 0.355 e. The highest BCUT2D eigenvalue weighted by molar-refractivity contribution is 7.92. The summed E-state index contributed by atoms with van der Waals surface area (Å²) in [4.78, 5) is 11.9. The van der Waals surface area contributed by atoms with Gasteiger partial charge < -0.3 is 5.32 Å². The number of carbonyl (C=O) groups excluding carboxylic acids is 1. The molecule has 0 aliphatic carbocycles. The van der Waals surface area contributed by atoms with E-state index in [-0.39, 0.29) is 4.90 Å². The van der Waals surface area contributed by atoms with Crippen molar-refractivity contribution < 1.29 is 13.2 Å². The lowest BCUT2D eigenvalue weighted by molar-refractivity contribution is -0.118. The van der Waals surface area contributed by atoms with Crippen LogP contribution in [0.4, 0.5) is 0 Å². The number of hydrogen-bond donors (Lipinski definition) is 1. The first-order valence-electron chi connectivity index (χ1n) is 7.26. The summed E-state index contributed by atoms with van der Waals surface area (Å²) in [7, 11) is -3.64. The lowest BCUT2D eigenvalue weighted by Crippen LogP contribution is -2.31. The van der Waals surface area contributed by atoms with Gasteiger partial charge in [-0.3, -0.25) is 4.79 Å². The highest BCUT2D eigenvalue weighted by Crippen LogP contribution is 2.15. The Morgan fingerprint density at radius 2 is 1.65 bits per heavy atom. The van der Waals surface area contributed by atoms with Gasteiger partial charge in [-0.2, -0.15) is 0 Å². The molecule has 2 aromatic rings. The van der Waals surface area contributed by atoms with Crippen molar-refractivity contribution in [2.75, 3.05) is 12.3 Å². The summed E-state index contributed by atoms with van der Waals surface area (Å²) in [5.41, 5.74) is 1.19. The second kappa shape index (κ2) is 8.13. The summed E-state index contributed by atoms with van der Waals surface area (Å²) in [5, 5.41) is 3.10. The molecule has 0 saturated carbocycles. The van der Waals surface area contributed by atoms with Crippen LogP contribution in [0.2, 0.25) is 5.02 Å². The molecule has 1 amide bonds. The number of carbonyl (C=O) groups is 1. The topological polar surface area (TPSA) is 63.2 Å². The van der Waals surface area contributed by atoms with E-state index >= 15 is 0 Å². The van der Waals surface area contributed by atoms with Gasteiger partial charge in [-0.1, -0.05) is 41.9 Å². The minimum atomic E-state index is -3.64. The molecule has 1 N–H and O–H groups in total. The van der Waals surface area contributed by atoms with Crippen molar-refractivity contribution in [3.05, 3.63) is 65.2 Å². The summed E-state index contributed by atoms with van der Waals surface area (Å²) >= 11 is 5.73. The zero-order valence-corrected chi connectivity index (χ0v) is 14.1. The predicted octanol–water partition coefficient (Wildman–Crippen LogP) is 2.86. The Balaban J connectivity index is 1.79. The van der Waals surface area contributed by atoms with E-state index in [9.17, 15) is 13.2 Å². The van der Waals surface area contributed by atoms with Crippen LogP contribution >= 0.6 is 11.6 Å². The summed E-state index contributed by atoms with van der Waals surface area (Å²) in [5.74, 6) is -1.05. The molecule has 0 heterocycles. The minimum Gasteiger partial charge on any atom is -0.355 e. The van der Waals surface area contributed by atoms with E-state index in [1.54, 1.807) is 0 Å². The molecule has 0 atom stereocenters. The van der Waals surface area contributed by atoms with Crippen LogP contribution in [0.25, 0.3) is 0 Å². The third kappa shape index (κ3) is 5.69. The average molecular weight is 352 g/mol. The van der Waals surface area contributed by atoms with Crippen molar-refractivity contribution in [3.63, 3.8) is 0 Å². The fraction of sp³-hybridized carbons (Fsp3) is 0.235. The molecule has 0 unspecified atom stereocenters. The molecule has 23 heavy (non-hydrogen) atoms. The SMILES string of the molecule is O=C(CS(=O)(=O)c1ccc(Cl)cc1)NCCCc1ccccc1. The molecule has 2 aromatic carbocycles. The first kappa shape index (κ1) is 17.5. The van der Waals surface area contributed by atoms with Gasteiger partial charge in [0.2, 0.25) is 5.91 Å². The van der Waals surface area contributed by atoms with Gasteiger partial charge in [0.15, 0.2) is 9.84 Å². The third-order valence-corrected chi connectivity index (χ3v) is 5.19. The van der Waals surface area contributed by atoms with E-state index in [2.05, 4.69) is 5.32 Å². The molecule has 0 aliphatic heterocycles. The Labute approximate surface area is 141 Å². The molecule has 6 heteroatoms. The molecule has 4 nitrogen and oxygen atoms in total. The summed E-state index contributed by atoms with van der Waals surface area (Å²) in [6, 6.07) is 15.7. The van der Waals surface area contributed by atoms with Gasteiger partial charge in [0.1, 0.15) is 5.75 Å². The molecule has 0 aliphatic rings. The summed E-state index contributed by atoms with van der Waals surface area (Å²) in [6.45, 7) is 0.448. The van der Waals surface area contributed by atoms with Gasteiger partial charge in [-0.05, 0) is 42.7 Å². The van der Waals surface area contributed by atoms with Crippen molar-refractivity contribution in [3.8, 4) is 0 Å². The molecule has 0 radical (unpaired) electrons. The van der Waals surface area contributed by atoms with Crippen LogP contribution in [-0.4, -0.2) is 26.6 Å². The maximum atomic E-state index is 12.1. The van der Waals surface area contributed by atoms with E-state index in [0.717, 1.165) is 12.8 Å². The summed E-state index contributed by atoms with van der Waals surface area (Å²) in [6.07, 6.45) is 1.60. The van der Waals surface area contributed by atoms with Crippen molar-refractivity contribution in [1.29, 1.82) is 0 Å². The Kier molecular flexibility index (Phi) is 6.19. The van der Waals surface area contributed by atoms with Gasteiger partial charge in [0.05, 0.1) is 4.90 Å². The fourth-order valence-electron chi connectivity index (χ4n) is 2.11. The van der Waals surface area contributed by atoms with Gasteiger partial charge in [-0.25, -0.2) is 8.42 Å². The van der Waals surface area contributed by atoms with E-state index in [0.29, 0.717) is 11.6 Å². The Hall–Kier alpha value is -1.85. The molecular weight excluding hydrogens is 334 g/mol. The van der Waals surface area contributed by atoms with Gasteiger partial charge in [0.25, 0.3) is 0 Å². The van der Waals surface area contributed by atoms with Crippen LogP contribution < -0.4 is 5.32 Å². The molecule has 122 valence electrons. The van der Waals surface area contributed by atoms with Crippen LogP contribution in [0.3, 0.4) is 0 Å². The predicted molar refractivity (Wildman–Crippen MR) is 91.3 cm³/mol. The van der Waals surface area contributed by atoms with Gasteiger partial charge in [0, 0.05) is 11.6 Å². The number of hydrogen-bond acceptors (Lipinski definition) is 3. The highest BCUT2D eigenvalue weighted by Gasteiger charge is 2.18. The maximum absolute atomic E-state index is 12.1. The van der Waals surface area contributed by atoms with Crippen molar-refractivity contribution in [2.45, 2.75) is 17.7 Å². The summed E-state index contributed by atoms with van der Waals surface area (Å²) < 4.78 is 24.2. The van der Waals surface area contributed by atoms with Crippen LogP contribution in [0.1, 0.15) is 12.0 Å². The lowest BCUT2D eigenvalue weighted by Gasteiger charge is -2.07. The first-order chi connectivity index (χ1) is 11.0. The number of amides is 1. The molecule has 0 fully saturated rings. The standard InChI is InChI=1S/C17H18ClNO3S/c18-15-8-10-16(11-9-15)23(21,22)13-17(20)19-12-4-7-14-5-2-1-3-6-14/h1-3,5-6,8-11H,4,7,12-13H2,(H,19,20). The molecule has 0 bridgehead atoms. The Morgan fingerprint density at radius 1 is 1.00 bits per heavy atom. The van der Waals surface area contributed by atoms with Gasteiger partial charge in [-0.15, -0.1) is 0 Å². The Morgan fingerprint density at radius 3 is 2.30 bits per heavy atom. The number of aryl methyl sites for hydroxylation is 1. The van der Waals surface area contributed by atoms with Crippen LogP contribution in [0.15, 0.2) is 59.5 Å². The third-order valence-electron chi connectivity index (χ3n) is 3.30. The van der Waals surface area contributed by atoms with Crippen LogP contribution in [-0.2, 0) is 21.1 Å². The average Bonchev–Trinajstić information content (AvgIpc) is 2.52. The smallest absolute Gasteiger partial charge is 0.235 e. The highest BCUT2D eigenvalue weighted by atomic mass is 35.5. The van der Waals surface area contributed by atoms with E-state index < -0.39 is 21.5 Å². The van der Waals surface area contributed by atoms with Crippen molar-refractivity contribution >= 4 is 27.3 Å². The zero-order valence-electron chi connectivity index (χ0n) is 12.5. The zero-order chi connectivity index (χ0) is 16.7. The molecule has 0 spiro atoms. The second-order valence-corrected chi connectivity index (χ2v) is 7.58. The van der Waals surface area contributed by atoms with Crippen LogP contribution in [0, 0.1) is 0 Å². The van der Waals surface area contributed by atoms with E-state index in [1.807, 2.05) is 30.3 Å². The van der Waals surface area contributed by atoms with Gasteiger partial charge >= 0.3 is 0 Å². The van der Waals surface area contributed by atoms with Crippen molar-refractivity contribution in [2.24, 2.45) is 0 Å². The molecule has 0 saturated heterocycles. The number of halogens is 1. The van der Waals surface area contributed by atoms with E-state index in [1.165, 1.54) is 29.8 Å². The quantitative estimate of drug-likeness (QED) is 0.780. The van der Waals surface area contributed by atoms with Crippen LogP contribution in [0.5, 0.6) is 0 Å². The van der Waals surface area contributed by atoms with E-state index in [4.69, 9.17) is 11.6 Å². The maximum Gasteiger partial charge on any atom is 0.235 e. The van der Waals surface area contributed by atoms with Crippen molar-refractivity contribution in [1.82, 2.24) is 5.32 Å². The number of sulfone groups is 1. The number of nitrogens with one attached hydrogen (secondary N) is 1. The molecular formula is C17H18ClNO3S. The first-order valence-corrected chi connectivity index (χ1v) is 9.29. The second-order valence-electron chi connectivity index (χ2n) is 5.15. The monoisotopic (exact) mass is 351 g/mol. The lowest BCUT2D eigenvalue weighted by atomic mass is 10.1. The Bertz CT molecular complexity index is 743. The fourth-order valence-corrected chi connectivity index (χ4v) is 3.40. The number of rotatable bonds is 7.